The van der Waals surface area contributed by atoms with Crippen molar-refractivity contribution in [2.24, 2.45) is 0 Å². The van der Waals surface area contributed by atoms with Crippen molar-refractivity contribution in [2.45, 2.75) is 6.42 Å². The maximum atomic E-state index is 10.5. The fourth-order valence-corrected chi connectivity index (χ4v) is 2.35. The lowest BCUT2D eigenvalue weighted by Gasteiger charge is -2.03. The van der Waals surface area contributed by atoms with E-state index in [1.807, 2.05) is 35.7 Å². The Morgan fingerprint density at radius 3 is 2.76 bits per heavy atom. The van der Waals surface area contributed by atoms with E-state index in [0.717, 1.165) is 17.5 Å². The van der Waals surface area contributed by atoms with Gasteiger partial charge in [-0.25, -0.2) is 4.79 Å². The average Bonchev–Trinajstić information content (AvgIpc) is 2.80. The van der Waals surface area contributed by atoms with E-state index in [1.165, 1.54) is 11.0 Å². The zero-order valence-corrected chi connectivity index (χ0v) is 9.98. The molecule has 0 saturated carbocycles. The van der Waals surface area contributed by atoms with Crippen LogP contribution in [0.15, 0.2) is 47.9 Å². The zero-order valence-electron chi connectivity index (χ0n) is 9.17. The third kappa shape index (κ3) is 3.29. The molecule has 2 nitrogen and oxygen atoms in total. The quantitative estimate of drug-likeness (QED) is 0.836. The number of carbonyl (C=O) groups is 1. The van der Waals surface area contributed by atoms with Gasteiger partial charge in [-0.15, -0.1) is 11.3 Å². The van der Waals surface area contributed by atoms with Gasteiger partial charge in [-0.2, -0.15) is 0 Å². The second-order valence-corrected chi connectivity index (χ2v) is 4.66. The van der Waals surface area contributed by atoms with Gasteiger partial charge in [0.1, 0.15) is 0 Å². The Kier molecular flexibility index (Phi) is 3.73. The first-order valence-electron chi connectivity index (χ1n) is 5.27. The fourth-order valence-electron chi connectivity index (χ4n) is 1.62. The van der Waals surface area contributed by atoms with Gasteiger partial charge < -0.3 is 5.11 Å². The van der Waals surface area contributed by atoms with E-state index in [4.69, 9.17) is 5.11 Å². The molecule has 0 spiro atoms. The van der Waals surface area contributed by atoms with Crippen LogP contribution in [-0.2, 0) is 11.2 Å². The van der Waals surface area contributed by atoms with Crippen LogP contribution in [0.25, 0.3) is 6.08 Å². The van der Waals surface area contributed by atoms with Crippen molar-refractivity contribution in [1.82, 2.24) is 0 Å². The van der Waals surface area contributed by atoms with Crippen LogP contribution in [0.2, 0.25) is 0 Å². The summed E-state index contributed by atoms with van der Waals surface area (Å²) in [7, 11) is 0. The Balaban J connectivity index is 2.24. The molecule has 17 heavy (non-hydrogen) atoms. The summed E-state index contributed by atoms with van der Waals surface area (Å²) >= 11 is 1.71. The average molecular weight is 244 g/mol. The Morgan fingerprint density at radius 2 is 2.06 bits per heavy atom. The standard InChI is InChI=1S/C14H12O2S/c15-14(16)8-7-11-4-1-2-5-12(11)10-13-6-3-9-17-13/h1-9H,10H2,(H,15,16)/b8-7+. The van der Waals surface area contributed by atoms with Crippen molar-refractivity contribution in [3.8, 4) is 0 Å². The van der Waals surface area contributed by atoms with E-state index in [2.05, 4.69) is 6.07 Å². The van der Waals surface area contributed by atoms with Crippen LogP contribution in [-0.4, -0.2) is 11.1 Å². The van der Waals surface area contributed by atoms with E-state index in [0.29, 0.717) is 0 Å². The molecule has 1 N–H and O–H groups in total. The summed E-state index contributed by atoms with van der Waals surface area (Å²) in [6.45, 7) is 0. The molecule has 3 heteroatoms. The Morgan fingerprint density at radius 1 is 1.24 bits per heavy atom. The van der Waals surface area contributed by atoms with Crippen LogP contribution in [0, 0.1) is 0 Å². The maximum Gasteiger partial charge on any atom is 0.328 e. The number of carboxylic acids is 1. The molecule has 86 valence electrons. The van der Waals surface area contributed by atoms with E-state index < -0.39 is 5.97 Å². The molecule has 0 radical (unpaired) electrons. The lowest BCUT2D eigenvalue weighted by molar-refractivity contribution is -0.131. The minimum atomic E-state index is -0.920. The van der Waals surface area contributed by atoms with Crippen molar-refractivity contribution in [3.05, 3.63) is 63.9 Å². The molecule has 0 aliphatic heterocycles. The van der Waals surface area contributed by atoms with Crippen LogP contribution in [0.5, 0.6) is 0 Å². The molecule has 0 fully saturated rings. The lowest BCUT2D eigenvalue weighted by atomic mass is 10.0. The number of thiophene rings is 1. The van der Waals surface area contributed by atoms with Gasteiger partial charge in [-0.3, -0.25) is 0 Å². The first-order valence-corrected chi connectivity index (χ1v) is 6.15. The normalized spacial score (nSPS) is 10.8. The molecule has 0 bridgehead atoms. The van der Waals surface area contributed by atoms with Crippen molar-refractivity contribution in [2.75, 3.05) is 0 Å². The number of carboxylic acid groups (broad SMARTS) is 1. The second kappa shape index (κ2) is 5.46. The molecule has 0 atom stereocenters. The van der Waals surface area contributed by atoms with Crippen LogP contribution in [0.1, 0.15) is 16.0 Å². The molecule has 0 aliphatic carbocycles. The monoisotopic (exact) mass is 244 g/mol. The van der Waals surface area contributed by atoms with Crippen molar-refractivity contribution >= 4 is 23.4 Å². The molecule has 0 aliphatic rings. The molecule has 0 unspecified atom stereocenters. The Bertz CT molecular complexity index is 527. The Hall–Kier alpha value is -1.87. The molecule has 0 amide bonds. The largest absolute Gasteiger partial charge is 0.478 e. The highest BCUT2D eigenvalue weighted by Crippen LogP contribution is 2.18. The predicted molar refractivity (Wildman–Crippen MR) is 70.2 cm³/mol. The second-order valence-electron chi connectivity index (χ2n) is 3.63. The van der Waals surface area contributed by atoms with Gasteiger partial charge >= 0.3 is 5.97 Å². The summed E-state index contributed by atoms with van der Waals surface area (Å²) in [4.78, 5) is 11.8. The van der Waals surface area contributed by atoms with Crippen LogP contribution in [0.4, 0.5) is 0 Å². The summed E-state index contributed by atoms with van der Waals surface area (Å²) in [5.74, 6) is -0.920. The SMILES string of the molecule is O=C(O)/C=C/c1ccccc1Cc1cccs1. The predicted octanol–water partition coefficient (Wildman–Crippen LogP) is 3.44. The van der Waals surface area contributed by atoms with Gasteiger partial charge in [0.05, 0.1) is 0 Å². The van der Waals surface area contributed by atoms with Gasteiger partial charge in [0.15, 0.2) is 0 Å². The smallest absolute Gasteiger partial charge is 0.328 e. The number of rotatable bonds is 4. The van der Waals surface area contributed by atoms with Crippen molar-refractivity contribution in [1.29, 1.82) is 0 Å². The topological polar surface area (TPSA) is 37.3 Å². The lowest BCUT2D eigenvalue weighted by Crippen LogP contribution is -1.91. The maximum absolute atomic E-state index is 10.5. The highest BCUT2D eigenvalue weighted by Gasteiger charge is 2.01. The molecule has 1 aromatic carbocycles. The third-order valence-corrected chi connectivity index (χ3v) is 3.28. The molecule has 1 aromatic heterocycles. The van der Waals surface area contributed by atoms with E-state index in [-0.39, 0.29) is 0 Å². The van der Waals surface area contributed by atoms with E-state index in [1.54, 1.807) is 17.4 Å². The van der Waals surface area contributed by atoms with E-state index >= 15 is 0 Å². The van der Waals surface area contributed by atoms with Gasteiger partial charge in [0.2, 0.25) is 0 Å². The summed E-state index contributed by atoms with van der Waals surface area (Å²) in [6.07, 6.45) is 3.66. The zero-order chi connectivity index (χ0) is 12.1. The van der Waals surface area contributed by atoms with Crippen LogP contribution in [0.3, 0.4) is 0 Å². The number of aliphatic carboxylic acids is 1. The molecular formula is C14H12O2S. The van der Waals surface area contributed by atoms with Gasteiger partial charge in [-0.05, 0) is 28.6 Å². The Labute approximate surface area is 104 Å². The summed E-state index contributed by atoms with van der Waals surface area (Å²) < 4.78 is 0. The third-order valence-electron chi connectivity index (χ3n) is 2.41. The fraction of sp³-hybridized carbons (Fsp3) is 0.0714. The number of hydrogen-bond acceptors (Lipinski definition) is 2. The molecule has 0 saturated heterocycles. The molecule has 2 rings (SSSR count). The minimum absolute atomic E-state index is 0.845. The number of benzene rings is 1. The number of hydrogen-bond donors (Lipinski definition) is 1. The minimum Gasteiger partial charge on any atom is -0.478 e. The van der Waals surface area contributed by atoms with Gasteiger partial charge in [-0.1, -0.05) is 30.3 Å². The highest BCUT2D eigenvalue weighted by atomic mass is 32.1. The van der Waals surface area contributed by atoms with Crippen molar-refractivity contribution < 1.29 is 9.90 Å². The van der Waals surface area contributed by atoms with Crippen LogP contribution < -0.4 is 0 Å². The summed E-state index contributed by atoms with van der Waals surface area (Å²) in [5.41, 5.74) is 2.11. The summed E-state index contributed by atoms with van der Waals surface area (Å²) in [6, 6.07) is 12.0. The summed E-state index contributed by atoms with van der Waals surface area (Å²) in [5, 5.41) is 10.7. The van der Waals surface area contributed by atoms with E-state index in [9.17, 15) is 4.79 Å². The molecule has 1 heterocycles. The highest BCUT2D eigenvalue weighted by molar-refractivity contribution is 7.09. The van der Waals surface area contributed by atoms with Crippen LogP contribution >= 0.6 is 11.3 Å². The van der Waals surface area contributed by atoms with Gasteiger partial charge in [0, 0.05) is 17.4 Å². The van der Waals surface area contributed by atoms with Gasteiger partial charge in [0.25, 0.3) is 0 Å². The molecular weight excluding hydrogens is 232 g/mol. The first-order chi connectivity index (χ1) is 8.25. The molecule has 2 aromatic rings. The van der Waals surface area contributed by atoms with Crippen molar-refractivity contribution in [3.63, 3.8) is 0 Å². The first kappa shape index (κ1) is 11.6.